The number of amides is 1. The van der Waals surface area contributed by atoms with Gasteiger partial charge in [0.25, 0.3) is 0 Å². The zero-order chi connectivity index (χ0) is 12.0. The molecule has 0 radical (unpaired) electrons. The summed E-state index contributed by atoms with van der Waals surface area (Å²) in [5, 5.41) is 2.89. The van der Waals surface area contributed by atoms with E-state index in [1.807, 2.05) is 44.2 Å². The van der Waals surface area contributed by atoms with Crippen LogP contribution in [0.2, 0.25) is 0 Å². The van der Waals surface area contributed by atoms with Crippen LogP contribution in [0.1, 0.15) is 25.8 Å². The van der Waals surface area contributed by atoms with Crippen molar-refractivity contribution >= 4 is 5.91 Å². The van der Waals surface area contributed by atoms with Crippen LogP contribution in [0.4, 0.5) is 0 Å². The molecule has 0 heterocycles. The molecular weight excluding hydrogens is 200 g/mol. The molecule has 2 atom stereocenters. The van der Waals surface area contributed by atoms with Crippen molar-refractivity contribution in [1.82, 2.24) is 5.32 Å². The molecule has 3 heteroatoms. The summed E-state index contributed by atoms with van der Waals surface area (Å²) >= 11 is 0. The normalized spacial score (nSPS) is 14.2. The highest BCUT2D eigenvalue weighted by Crippen LogP contribution is 2.02. The van der Waals surface area contributed by atoms with Gasteiger partial charge in [-0.05, 0) is 25.3 Å². The quantitative estimate of drug-likeness (QED) is 0.789. The minimum atomic E-state index is -0.462. The van der Waals surface area contributed by atoms with E-state index in [0.29, 0.717) is 6.42 Å². The van der Waals surface area contributed by atoms with E-state index < -0.39 is 6.04 Å². The van der Waals surface area contributed by atoms with Crippen molar-refractivity contribution in [2.45, 2.75) is 38.8 Å². The molecule has 0 saturated carbocycles. The van der Waals surface area contributed by atoms with Crippen LogP contribution in [0.15, 0.2) is 30.3 Å². The fraction of sp³-hybridized carbons (Fsp3) is 0.462. The van der Waals surface area contributed by atoms with Crippen LogP contribution in [0, 0.1) is 0 Å². The smallest absolute Gasteiger partial charge is 0.237 e. The molecular formula is C13H20N2O. The van der Waals surface area contributed by atoms with Gasteiger partial charge in [-0.15, -0.1) is 0 Å². The third-order valence-electron chi connectivity index (χ3n) is 2.64. The van der Waals surface area contributed by atoms with Gasteiger partial charge in [-0.2, -0.15) is 0 Å². The molecule has 1 amide bonds. The van der Waals surface area contributed by atoms with Gasteiger partial charge in [0.2, 0.25) is 5.91 Å². The van der Waals surface area contributed by atoms with Crippen LogP contribution in [0.5, 0.6) is 0 Å². The van der Waals surface area contributed by atoms with E-state index in [9.17, 15) is 4.79 Å². The van der Waals surface area contributed by atoms with E-state index in [4.69, 9.17) is 5.73 Å². The first kappa shape index (κ1) is 12.7. The molecule has 0 spiro atoms. The summed E-state index contributed by atoms with van der Waals surface area (Å²) in [5.74, 6) is -0.0711. The molecule has 1 aromatic carbocycles. The molecule has 0 aliphatic carbocycles. The third kappa shape index (κ3) is 4.03. The van der Waals surface area contributed by atoms with E-state index in [0.717, 1.165) is 12.0 Å². The number of carbonyl (C=O) groups is 1. The number of carbonyl (C=O) groups excluding carboxylic acids is 1. The lowest BCUT2D eigenvalue weighted by atomic mass is 10.1. The molecule has 0 aliphatic rings. The van der Waals surface area contributed by atoms with Crippen molar-refractivity contribution < 1.29 is 4.79 Å². The molecule has 3 N–H and O–H groups in total. The van der Waals surface area contributed by atoms with E-state index in [-0.39, 0.29) is 11.9 Å². The largest absolute Gasteiger partial charge is 0.352 e. The first-order chi connectivity index (χ1) is 7.63. The second-order valence-corrected chi connectivity index (χ2v) is 4.11. The van der Waals surface area contributed by atoms with E-state index >= 15 is 0 Å². The Hall–Kier alpha value is -1.35. The molecule has 0 bridgehead atoms. The van der Waals surface area contributed by atoms with Gasteiger partial charge in [0.1, 0.15) is 0 Å². The average Bonchev–Trinajstić information content (AvgIpc) is 2.30. The van der Waals surface area contributed by atoms with Crippen molar-refractivity contribution in [3.8, 4) is 0 Å². The SMILES string of the molecule is CC[C@H](C)NC(=O)[C@H](N)Cc1ccccc1. The maximum atomic E-state index is 11.7. The summed E-state index contributed by atoms with van der Waals surface area (Å²) in [7, 11) is 0. The Kier molecular flexibility index (Phi) is 4.99. The van der Waals surface area contributed by atoms with Gasteiger partial charge in [-0.1, -0.05) is 37.3 Å². The van der Waals surface area contributed by atoms with Crippen molar-refractivity contribution in [1.29, 1.82) is 0 Å². The highest BCUT2D eigenvalue weighted by molar-refractivity contribution is 5.82. The van der Waals surface area contributed by atoms with E-state index in [1.165, 1.54) is 0 Å². The molecule has 0 saturated heterocycles. The predicted molar refractivity (Wildman–Crippen MR) is 66.0 cm³/mol. The lowest BCUT2D eigenvalue weighted by Gasteiger charge is -2.16. The van der Waals surface area contributed by atoms with Gasteiger partial charge in [0.15, 0.2) is 0 Å². The Balaban J connectivity index is 2.46. The van der Waals surface area contributed by atoms with Gasteiger partial charge in [-0.3, -0.25) is 4.79 Å². The molecule has 88 valence electrons. The van der Waals surface area contributed by atoms with Crippen LogP contribution in [0.25, 0.3) is 0 Å². The topological polar surface area (TPSA) is 55.1 Å². The van der Waals surface area contributed by atoms with Gasteiger partial charge >= 0.3 is 0 Å². The Morgan fingerprint density at radius 2 is 2.00 bits per heavy atom. The summed E-state index contributed by atoms with van der Waals surface area (Å²) in [6.45, 7) is 4.01. The molecule has 0 fully saturated rings. The van der Waals surface area contributed by atoms with Crippen LogP contribution < -0.4 is 11.1 Å². The minimum absolute atomic E-state index is 0.0711. The lowest BCUT2D eigenvalue weighted by Crippen LogP contribution is -2.45. The molecule has 0 aliphatic heterocycles. The summed E-state index contributed by atoms with van der Waals surface area (Å²) in [4.78, 5) is 11.7. The third-order valence-corrected chi connectivity index (χ3v) is 2.64. The molecule has 1 aromatic rings. The van der Waals surface area contributed by atoms with Crippen molar-refractivity contribution in [3.05, 3.63) is 35.9 Å². The first-order valence-corrected chi connectivity index (χ1v) is 5.73. The highest BCUT2D eigenvalue weighted by atomic mass is 16.2. The second-order valence-electron chi connectivity index (χ2n) is 4.11. The standard InChI is InChI=1S/C13H20N2O/c1-3-10(2)15-13(16)12(14)9-11-7-5-4-6-8-11/h4-8,10,12H,3,9,14H2,1-2H3,(H,15,16)/t10-,12+/m0/s1. The van der Waals surface area contributed by atoms with Crippen LogP contribution >= 0.6 is 0 Å². The number of benzene rings is 1. The lowest BCUT2D eigenvalue weighted by molar-refractivity contribution is -0.122. The minimum Gasteiger partial charge on any atom is -0.352 e. The highest BCUT2D eigenvalue weighted by Gasteiger charge is 2.15. The summed E-state index contributed by atoms with van der Waals surface area (Å²) < 4.78 is 0. The number of hydrogen-bond acceptors (Lipinski definition) is 2. The summed E-state index contributed by atoms with van der Waals surface area (Å²) in [6.07, 6.45) is 1.51. The van der Waals surface area contributed by atoms with Gasteiger partial charge in [-0.25, -0.2) is 0 Å². The first-order valence-electron chi connectivity index (χ1n) is 5.73. The number of hydrogen-bond donors (Lipinski definition) is 2. The Labute approximate surface area is 97.0 Å². The molecule has 0 unspecified atom stereocenters. The predicted octanol–water partition coefficient (Wildman–Crippen LogP) is 1.47. The molecule has 0 aromatic heterocycles. The molecule has 16 heavy (non-hydrogen) atoms. The number of nitrogens with one attached hydrogen (secondary N) is 1. The number of rotatable bonds is 5. The Bertz CT molecular complexity index is 324. The Morgan fingerprint density at radius 1 is 1.38 bits per heavy atom. The number of nitrogens with two attached hydrogens (primary N) is 1. The van der Waals surface area contributed by atoms with Crippen molar-refractivity contribution in [2.24, 2.45) is 5.73 Å². The fourth-order valence-corrected chi connectivity index (χ4v) is 1.41. The van der Waals surface area contributed by atoms with Gasteiger partial charge in [0.05, 0.1) is 6.04 Å². The second kappa shape index (κ2) is 6.28. The molecule has 3 nitrogen and oxygen atoms in total. The van der Waals surface area contributed by atoms with Crippen LogP contribution in [-0.2, 0) is 11.2 Å². The van der Waals surface area contributed by atoms with E-state index in [2.05, 4.69) is 5.32 Å². The maximum absolute atomic E-state index is 11.7. The van der Waals surface area contributed by atoms with Crippen molar-refractivity contribution in [2.75, 3.05) is 0 Å². The molecule has 1 rings (SSSR count). The zero-order valence-electron chi connectivity index (χ0n) is 9.94. The monoisotopic (exact) mass is 220 g/mol. The summed E-state index contributed by atoms with van der Waals surface area (Å²) in [6, 6.07) is 9.55. The fourth-order valence-electron chi connectivity index (χ4n) is 1.41. The van der Waals surface area contributed by atoms with Gasteiger partial charge < -0.3 is 11.1 Å². The van der Waals surface area contributed by atoms with E-state index in [1.54, 1.807) is 0 Å². The Morgan fingerprint density at radius 3 is 2.56 bits per heavy atom. The maximum Gasteiger partial charge on any atom is 0.237 e. The average molecular weight is 220 g/mol. The van der Waals surface area contributed by atoms with Crippen molar-refractivity contribution in [3.63, 3.8) is 0 Å². The van der Waals surface area contributed by atoms with Crippen LogP contribution in [-0.4, -0.2) is 18.0 Å². The van der Waals surface area contributed by atoms with Gasteiger partial charge in [0, 0.05) is 6.04 Å². The summed E-state index contributed by atoms with van der Waals surface area (Å²) in [5.41, 5.74) is 6.93. The zero-order valence-corrected chi connectivity index (χ0v) is 9.94. The van der Waals surface area contributed by atoms with Crippen LogP contribution in [0.3, 0.4) is 0 Å².